The van der Waals surface area contributed by atoms with E-state index in [0.717, 1.165) is 12.5 Å². The van der Waals surface area contributed by atoms with Crippen molar-refractivity contribution in [2.75, 3.05) is 0 Å². The summed E-state index contributed by atoms with van der Waals surface area (Å²) in [7, 11) is 0. The summed E-state index contributed by atoms with van der Waals surface area (Å²) in [6.45, 7) is 2.25. The van der Waals surface area contributed by atoms with Crippen LogP contribution in [0.25, 0.3) is 0 Å². The minimum atomic E-state index is -0.931. The van der Waals surface area contributed by atoms with Gasteiger partial charge >= 0.3 is 29.0 Å². The monoisotopic (exact) mass is 328 g/mol. The van der Waals surface area contributed by atoms with Gasteiger partial charge in [-0.15, -0.1) is 0 Å². The predicted octanol–water partition coefficient (Wildman–Crippen LogP) is 5.08. The second-order valence-electron chi connectivity index (χ2n) is 5.19. The third kappa shape index (κ3) is 23.3. The van der Waals surface area contributed by atoms with Gasteiger partial charge < -0.3 is 5.11 Å². The molecule has 0 saturated carbocycles. The van der Waals surface area contributed by atoms with Crippen LogP contribution < -0.4 is 0 Å². The van der Waals surface area contributed by atoms with Crippen molar-refractivity contribution < 1.29 is 9.90 Å². The second-order valence-corrected chi connectivity index (χ2v) is 5.19. The van der Waals surface area contributed by atoms with E-state index in [1.165, 1.54) is 51.0 Å². The fraction of sp³-hybridized carbons (Fsp3) is 0.450. The van der Waals surface area contributed by atoms with Gasteiger partial charge in [0.2, 0.25) is 0 Å². The third-order valence-electron chi connectivity index (χ3n) is 3.13. The summed E-state index contributed by atoms with van der Waals surface area (Å²) in [6, 6.07) is 0. The molecule has 0 rings (SSSR count). The highest BCUT2D eigenvalue weighted by molar-refractivity contribution is 5.80. The molecule has 126 valence electrons. The Bertz CT molecular complexity index is 404. The Hall–Kier alpha value is -1.06. The number of carboxylic acids is 1. The SMILES string of the molecule is CCCCCCCCCC=CC=CC=CC=CC=CC(=O)O.[MgH2]. The average molecular weight is 329 g/mol. The maximum atomic E-state index is 10.2. The van der Waals surface area contributed by atoms with Gasteiger partial charge in [0, 0.05) is 6.08 Å². The molecule has 0 radical (unpaired) electrons. The lowest BCUT2D eigenvalue weighted by molar-refractivity contribution is -0.131. The zero-order valence-corrected chi connectivity index (χ0v) is 13.8. The lowest BCUT2D eigenvalue weighted by Crippen LogP contribution is -1.84. The highest BCUT2D eigenvalue weighted by Gasteiger charge is 1.88. The second kappa shape index (κ2) is 20.9. The lowest BCUT2D eigenvalue weighted by Gasteiger charge is -1.98. The number of unbranched alkanes of at least 4 members (excludes halogenated alkanes) is 7. The molecule has 0 atom stereocenters. The number of carboxylic acid groups (broad SMARTS) is 1. The molecule has 1 N–H and O–H groups in total. The van der Waals surface area contributed by atoms with Gasteiger partial charge in [0.05, 0.1) is 0 Å². The molecule has 0 aliphatic heterocycles. The van der Waals surface area contributed by atoms with E-state index in [1.807, 2.05) is 24.3 Å². The van der Waals surface area contributed by atoms with Crippen LogP contribution in [0.2, 0.25) is 0 Å². The van der Waals surface area contributed by atoms with Crippen molar-refractivity contribution in [3.05, 3.63) is 60.8 Å². The van der Waals surface area contributed by atoms with Gasteiger partial charge in [0.1, 0.15) is 0 Å². The Morgan fingerprint density at radius 3 is 1.78 bits per heavy atom. The first-order valence-electron chi connectivity index (χ1n) is 8.33. The van der Waals surface area contributed by atoms with Gasteiger partial charge in [-0.25, -0.2) is 4.79 Å². The first kappa shape index (κ1) is 24.2. The van der Waals surface area contributed by atoms with Crippen LogP contribution in [-0.4, -0.2) is 34.1 Å². The summed E-state index contributed by atoms with van der Waals surface area (Å²) in [5.74, 6) is -0.931. The van der Waals surface area contributed by atoms with Crippen LogP contribution in [0.4, 0.5) is 0 Å². The molecule has 3 heteroatoms. The zero-order valence-electron chi connectivity index (χ0n) is 13.8. The number of allylic oxidation sites excluding steroid dienone is 9. The first-order chi connectivity index (χ1) is 10.8. The first-order valence-corrected chi connectivity index (χ1v) is 8.33. The average Bonchev–Trinajstić information content (AvgIpc) is 2.50. The summed E-state index contributed by atoms with van der Waals surface area (Å²) in [4.78, 5) is 10.2. The molecular weight excluding hydrogens is 297 g/mol. The number of aliphatic carboxylic acids is 1. The third-order valence-corrected chi connectivity index (χ3v) is 3.13. The minimum absolute atomic E-state index is 0. The minimum Gasteiger partial charge on any atom is -0.478 e. The van der Waals surface area contributed by atoms with E-state index in [1.54, 1.807) is 12.2 Å². The van der Waals surface area contributed by atoms with Crippen LogP contribution in [0.15, 0.2) is 60.8 Å². The Balaban J connectivity index is 0. The van der Waals surface area contributed by atoms with Crippen LogP contribution in [0, 0.1) is 0 Å². The summed E-state index contributed by atoms with van der Waals surface area (Å²) >= 11 is 0. The van der Waals surface area contributed by atoms with Gasteiger partial charge in [-0.3, -0.25) is 0 Å². The smallest absolute Gasteiger partial charge is 0.328 e. The van der Waals surface area contributed by atoms with Crippen LogP contribution >= 0.6 is 0 Å². The van der Waals surface area contributed by atoms with Crippen molar-refractivity contribution in [1.82, 2.24) is 0 Å². The lowest BCUT2D eigenvalue weighted by atomic mass is 10.1. The van der Waals surface area contributed by atoms with Crippen molar-refractivity contribution in [3.63, 3.8) is 0 Å². The van der Waals surface area contributed by atoms with Crippen molar-refractivity contribution in [2.45, 2.75) is 58.3 Å². The van der Waals surface area contributed by atoms with Crippen LogP contribution in [0.3, 0.4) is 0 Å². The molecule has 0 fully saturated rings. The van der Waals surface area contributed by atoms with E-state index in [0.29, 0.717) is 0 Å². The largest absolute Gasteiger partial charge is 0.478 e. The summed E-state index contributed by atoms with van der Waals surface area (Å²) in [5.41, 5.74) is 0. The summed E-state index contributed by atoms with van der Waals surface area (Å²) < 4.78 is 0. The molecule has 0 aliphatic carbocycles. The zero-order chi connectivity index (χ0) is 16.3. The maximum Gasteiger partial charge on any atom is 0.328 e. The molecule has 0 unspecified atom stereocenters. The Kier molecular flexibility index (Phi) is 22.0. The van der Waals surface area contributed by atoms with E-state index < -0.39 is 5.97 Å². The molecule has 0 amide bonds. The summed E-state index contributed by atoms with van der Waals surface area (Å²) in [5, 5.41) is 8.38. The Morgan fingerprint density at radius 1 is 0.739 bits per heavy atom. The quantitative estimate of drug-likeness (QED) is 0.222. The highest BCUT2D eigenvalue weighted by atomic mass is 24.3. The number of hydrogen-bond acceptors (Lipinski definition) is 1. The van der Waals surface area contributed by atoms with Gasteiger partial charge in [-0.2, -0.15) is 0 Å². The molecule has 0 aromatic carbocycles. The molecule has 2 nitrogen and oxygen atoms in total. The maximum absolute atomic E-state index is 10.2. The normalized spacial score (nSPS) is 12.2. The van der Waals surface area contributed by atoms with Crippen LogP contribution in [0.1, 0.15) is 58.3 Å². The Labute approximate surface area is 157 Å². The van der Waals surface area contributed by atoms with Gasteiger partial charge in [-0.05, 0) is 12.8 Å². The molecule has 0 aromatic heterocycles. The van der Waals surface area contributed by atoms with E-state index >= 15 is 0 Å². The van der Waals surface area contributed by atoms with Gasteiger partial charge in [-0.1, -0.05) is 100 Å². The van der Waals surface area contributed by atoms with Crippen molar-refractivity contribution >= 4 is 29.0 Å². The molecule has 0 aliphatic rings. The van der Waals surface area contributed by atoms with Crippen LogP contribution in [0.5, 0.6) is 0 Å². The van der Waals surface area contributed by atoms with Crippen molar-refractivity contribution in [3.8, 4) is 0 Å². The molecule has 0 aromatic rings. The molecule has 0 bridgehead atoms. The topological polar surface area (TPSA) is 37.3 Å². The van der Waals surface area contributed by atoms with Gasteiger partial charge in [0.25, 0.3) is 0 Å². The summed E-state index contributed by atoms with van der Waals surface area (Å²) in [6.07, 6.45) is 28.8. The standard InChI is InChI=1S/C20H30O2.Mg.2H/c1-2-3-4-5-6-7-8-9-10-11-12-13-14-15-16-17-18-19-20(21)22;;;/h10-19H,2-9H2,1H3,(H,21,22);;;. The predicted molar refractivity (Wildman–Crippen MR) is 104 cm³/mol. The fourth-order valence-corrected chi connectivity index (χ4v) is 1.92. The molecule has 0 spiro atoms. The van der Waals surface area contributed by atoms with Crippen molar-refractivity contribution in [1.29, 1.82) is 0 Å². The molecule has 0 saturated heterocycles. The molecule has 23 heavy (non-hydrogen) atoms. The molecule has 0 heterocycles. The van der Waals surface area contributed by atoms with E-state index in [-0.39, 0.29) is 23.1 Å². The number of rotatable bonds is 13. The number of carbonyl (C=O) groups is 1. The number of hydrogen-bond donors (Lipinski definition) is 1. The Morgan fingerprint density at radius 2 is 1.22 bits per heavy atom. The van der Waals surface area contributed by atoms with E-state index in [4.69, 9.17) is 5.11 Å². The fourth-order valence-electron chi connectivity index (χ4n) is 1.92. The van der Waals surface area contributed by atoms with Crippen molar-refractivity contribution in [2.24, 2.45) is 0 Å². The highest BCUT2D eigenvalue weighted by Crippen LogP contribution is 2.08. The van der Waals surface area contributed by atoms with E-state index in [9.17, 15) is 4.79 Å². The molecular formula is C20H32MgO2. The van der Waals surface area contributed by atoms with Gasteiger partial charge in [0.15, 0.2) is 0 Å². The van der Waals surface area contributed by atoms with E-state index in [2.05, 4.69) is 19.1 Å². The van der Waals surface area contributed by atoms with Crippen LogP contribution in [-0.2, 0) is 4.79 Å².